The van der Waals surface area contributed by atoms with E-state index in [1.54, 1.807) is 13.8 Å². The van der Waals surface area contributed by atoms with Crippen molar-refractivity contribution < 1.29 is 21.8 Å². The average Bonchev–Trinajstić information content (AvgIpc) is 2.34. The molecular formula is C13H14FNO4S. The summed E-state index contributed by atoms with van der Waals surface area (Å²) in [5.41, 5.74) is -0.409. The van der Waals surface area contributed by atoms with Gasteiger partial charge in [0, 0.05) is 0 Å². The molecule has 20 heavy (non-hydrogen) atoms. The Morgan fingerprint density at radius 2 is 2.15 bits per heavy atom. The van der Waals surface area contributed by atoms with Gasteiger partial charge in [0.25, 0.3) is 16.0 Å². The number of hydrogen-bond donors (Lipinski definition) is 1. The fourth-order valence-corrected chi connectivity index (χ4v) is 2.48. The van der Waals surface area contributed by atoms with E-state index in [1.807, 2.05) is 0 Å². The molecule has 0 aliphatic heterocycles. The van der Waals surface area contributed by atoms with E-state index >= 15 is 0 Å². The van der Waals surface area contributed by atoms with E-state index in [-0.39, 0.29) is 11.4 Å². The minimum Gasteiger partial charge on any atom is -0.341 e. The van der Waals surface area contributed by atoms with Crippen LogP contribution in [0.3, 0.4) is 0 Å². The molecule has 0 aliphatic rings. The summed E-state index contributed by atoms with van der Waals surface area (Å²) in [6.45, 7) is 3.00. The maximum absolute atomic E-state index is 13.5. The molecule has 0 radical (unpaired) electrons. The fourth-order valence-electron chi connectivity index (χ4n) is 1.37. The zero-order chi connectivity index (χ0) is 15.3. The molecule has 7 heteroatoms. The number of benzene rings is 1. The van der Waals surface area contributed by atoms with Gasteiger partial charge in [-0.05, 0) is 32.0 Å². The number of rotatable bonds is 5. The number of carbonyl (C=O) groups excluding carboxylic acids is 1. The zero-order valence-electron chi connectivity index (χ0n) is 11.0. The molecule has 1 rings (SSSR count). The predicted molar refractivity (Wildman–Crippen MR) is 71.0 cm³/mol. The monoisotopic (exact) mass is 299 g/mol. The SMILES string of the molecule is C#CCNC(=O)c1cc(S(=O)(=O)OC(C)C)ccc1F. The minimum absolute atomic E-state index is 0.0856. The molecular weight excluding hydrogens is 285 g/mol. The van der Waals surface area contributed by atoms with Gasteiger partial charge in [-0.3, -0.25) is 8.98 Å². The van der Waals surface area contributed by atoms with Crippen molar-refractivity contribution in [1.29, 1.82) is 0 Å². The van der Waals surface area contributed by atoms with E-state index in [0.29, 0.717) is 0 Å². The van der Waals surface area contributed by atoms with E-state index in [1.165, 1.54) is 0 Å². The average molecular weight is 299 g/mol. The van der Waals surface area contributed by atoms with Gasteiger partial charge >= 0.3 is 0 Å². The van der Waals surface area contributed by atoms with Gasteiger partial charge in [0.2, 0.25) is 0 Å². The Balaban J connectivity index is 3.15. The van der Waals surface area contributed by atoms with Gasteiger partial charge in [0.05, 0.1) is 23.1 Å². The van der Waals surface area contributed by atoms with Gasteiger partial charge in [-0.2, -0.15) is 8.42 Å². The predicted octanol–water partition coefficient (Wildman–Crippen LogP) is 1.30. The summed E-state index contributed by atoms with van der Waals surface area (Å²) >= 11 is 0. The van der Waals surface area contributed by atoms with E-state index < -0.39 is 33.5 Å². The Morgan fingerprint density at radius 1 is 1.50 bits per heavy atom. The van der Waals surface area contributed by atoms with Crippen LogP contribution < -0.4 is 5.32 Å². The van der Waals surface area contributed by atoms with Crippen molar-refractivity contribution >= 4 is 16.0 Å². The van der Waals surface area contributed by atoms with Gasteiger partial charge in [0.1, 0.15) is 5.82 Å². The molecule has 0 unspecified atom stereocenters. The molecule has 0 heterocycles. The second-order valence-electron chi connectivity index (χ2n) is 4.13. The van der Waals surface area contributed by atoms with Crippen LogP contribution in [0.4, 0.5) is 4.39 Å². The molecule has 0 saturated heterocycles. The van der Waals surface area contributed by atoms with E-state index in [4.69, 9.17) is 10.6 Å². The number of hydrogen-bond acceptors (Lipinski definition) is 4. The minimum atomic E-state index is -4.04. The second-order valence-corrected chi connectivity index (χ2v) is 5.70. The Kier molecular flexibility index (Phi) is 5.25. The van der Waals surface area contributed by atoms with Crippen LogP contribution in [0.2, 0.25) is 0 Å². The third-order valence-corrected chi connectivity index (χ3v) is 3.61. The summed E-state index contributed by atoms with van der Waals surface area (Å²) in [5.74, 6) is 0.527. The Labute approximate surface area is 117 Å². The lowest BCUT2D eigenvalue weighted by atomic mass is 10.2. The van der Waals surface area contributed by atoms with Crippen molar-refractivity contribution in [3.63, 3.8) is 0 Å². The topological polar surface area (TPSA) is 72.5 Å². The number of nitrogens with one attached hydrogen (secondary N) is 1. The van der Waals surface area contributed by atoms with Gasteiger partial charge in [-0.15, -0.1) is 6.42 Å². The first kappa shape index (κ1) is 16.1. The maximum atomic E-state index is 13.5. The van der Waals surface area contributed by atoms with Crippen LogP contribution in [0.1, 0.15) is 24.2 Å². The largest absolute Gasteiger partial charge is 0.341 e. The lowest BCUT2D eigenvalue weighted by Gasteiger charge is -2.10. The summed E-state index contributed by atoms with van der Waals surface area (Å²) in [7, 11) is -4.04. The highest BCUT2D eigenvalue weighted by Crippen LogP contribution is 2.18. The molecule has 1 amide bonds. The van der Waals surface area contributed by atoms with E-state index in [0.717, 1.165) is 18.2 Å². The molecule has 0 atom stereocenters. The first-order chi connectivity index (χ1) is 9.27. The van der Waals surface area contributed by atoms with Crippen LogP contribution in [0, 0.1) is 18.2 Å². The van der Waals surface area contributed by atoms with Crippen LogP contribution in [-0.2, 0) is 14.3 Å². The summed E-state index contributed by atoms with van der Waals surface area (Å²) in [4.78, 5) is 11.4. The lowest BCUT2D eigenvalue weighted by Crippen LogP contribution is -2.25. The van der Waals surface area contributed by atoms with Crippen molar-refractivity contribution in [3.05, 3.63) is 29.6 Å². The smallest absolute Gasteiger partial charge is 0.297 e. The number of halogens is 1. The van der Waals surface area contributed by atoms with Gasteiger partial charge in [0.15, 0.2) is 0 Å². The highest BCUT2D eigenvalue weighted by molar-refractivity contribution is 7.86. The Morgan fingerprint density at radius 3 is 2.70 bits per heavy atom. The normalized spacial score (nSPS) is 11.2. The molecule has 0 spiro atoms. The van der Waals surface area contributed by atoms with Crippen LogP contribution in [0.15, 0.2) is 23.1 Å². The molecule has 0 fully saturated rings. The van der Waals surface area contributed by atoms with Crippen LogP contribution in [-0.4, -0.2) is 27.0 Å². The van der Waals surface area contributed by atoms with Gasteiger partial charge in [-0.25, -0.2) is 4.39 Å². The third-order valence-electron chi connectivity index (χ3n) is 2.14. The summed E-state index contributed by atoms with van der Waals surface area (Å²) < 4.78 is 42.0. The van der Waals surface area contributed by atoms with Crippen molar-refractivity contribution in [1.82, 2.24) is 5.32 Å². The number of terminal acetylenes is 1. The quantitative estimate of drug-likeness (QED) is 0.657. The molecule has 0 saturated carbocycles. The van der Waals surface area contributed by atoms with E-state index in [2.05, 4.69) is 11.2 Å². The Bertz CT molecular complexity index is 647. The molecule has 0 aromatic heterocycles. The summed E-state index contributed by atoms with van der Waals surface area (Å²) in [5, 5.41) is 2.26. The second kappa shape index (κ2) is 6.50. The molecule has 0 aliphatic carbocycles. The Hall–Kier alpha value is -1.91. The van der Waals surface area contributed by atoms with Crippen molar-refractivity contribution in [2.24, 2.45) is 0 Å². The van der Waals surface area contributed by atoms with Crippen LogP contribution in [0.25, 0.3) is 0 Å². The molecule has 1 aromatic rings. The van der Waals surface area contributed by atoms with E-state index in [9.17, 15) is 17.6 Å². The summed E-state index contributed by atoms with van der Waals surface area (Å²) in [6.07, 6.45) is 4.41. The zero-order valence-corrected chi connectivity index (χ0v) is 11.8. The highest BCUT2D eigenvalue weighted by Gasteiger charge is 2.21. The molecule has 1 aromatic carbocycles. The highest BCUT2D eigenvalue weighted by atomic mass is 32.2. The van der Waals surface area contributed by atoms with Crippen LogP contribution in [0.5, 0.6) is 0 Å². The first-order valence-electron chi connectivity index (χ1n) is 5.72. The number of carbonyl (C=O) groups is 1. The third kappa shape index (κ3) is 4.05. The van der Waals surface area contributed by atoms with Crippen LogP contribution >= 0.6 is 0 Å². The van der Waals surface area contributed by atoms with Crippen molar-refractivity contribution in [2.75, 3.05) is 6.54 Å². The van der Waals surface area contributed by atoms with Crippen molar-refractivity contribution in [2.45, 2.75) is 24.8 Å². The van der Waals surface area contributed by atoms with Gasteiger partial charge < -0.3 is 5.32 Å². The van der Waals surface area contributed by atoms with Gasteiger partial charge in [-0.1, -0.05) is 5.92 Å². The lowest BCUT2D eigenvalue weighted by molar-refractivity contribution is 0.0954. The fraction of sp³-hybridized carbons (Fsp3) is 0.308. The first-order valence-corrected chi connectivity index (χ1v) is 7.13. The molecule has 1 N–H and O–H groups in total. The standard InChI is InChI=1S/C13H14FNO4S/c1-4-7-15-13(16)11-8-10(5-6-12(11)14)20(17,18)19-9(2)3/h1,5-6,8-9H,7H2,2-3H3,(H,15,16). The molecule has 5 nitrogen and oxygen atoms in total. The maximum Gasteiger partial charge on any atom is 0.297 e. The molecule has 108 valence electrons. The number of amides is 1. The summed E-state index contributed by atoms with van der Waals surface area (Å²) in [6, 6.07) is 2.84. The molecule has 0 bridgehead atoms. The van der Waals surface area contributed by atoms with Crippen molar-refractivity contribution in [3.8, 4) is 12.3 Å².